The molecule has 0 unspecified atom stereocenters. The highest BCUT2D eigenvalue weighted by molar-refractivity contribution is 5.78. The van der Waals surface area contributed by atoms with E-state index in [0.717, 1.165) is 0 Å². The highest BCUT2D eigenvalue weighted by atomic mass is 16.6. The topological polar surface area (TPSA) is 69.4 Å². The Morgan fingerprint density at radius 1 is 1.40 bits per heavy atom. The summed E-state index contributed by atoms with van der Waals surface area (Å²) in [6, 6.07) is 5.76. The molecule has 0 aromatic heterocycles. The van der Waals surface area contributed by atoms with Crippen LogP contribution in [-0.4, -0.2) is 18.3 Å². The molecule has 1 aromatic carbocycles. The van der Waals surface area contributed by atoms with Gasteiger partial charge in [0.1, 0.15) is 12.0 Å². The fraction of sp³-hybridized carbons (Fsp3) is 0.100. The summed E-state index contributed by atoms with van der Waals surface area (Å²) < 4.78 is 4.94. The summed E-state index contributed by atoms with van der Waals surface area (Å²) in [5.41, 5.74) is 0.621. The summed E-state index contributed by atoms with van der Waals surface area (Å²) in [4.78, 5) is 20.2. The van der Waals surface area contributed by atoms with Crippen molar-refractivity contribution in [3.8, 4) is 0 Å². The van der Waals surface area contributed by atoms with Gasteiger partial charge in [-0.05, 0) is 12.1 Å². The lowest BCUT2D eigenvalue weighted by atomic mass is 10.1. The quantitative estimate of drug-likeness (QED) is 0.248. The molecule has 78 valence electrons. The molecule has 0 spiro atoms. The van der Waals surface area contributed by atoms with Crippen molar-refractivity contribution in [2.45, 2.75) is 0 Å². The second-order valence-corrected chi connectivity index (χ2v) is 2.68. The molecule has 15 heavy (non-hydrogen) atoms. The molecular weight excluding hydrogens is 198 g/mol. The molecule has 0 N–H and O–H groups in total. The number of nitro benzene ring substituents is 1. The zero-order valence-electron chi connectivity index (χ0n) is 8.04. The lowest BCUT2D eigenvalue weighted by Crippen LogP contribution is -1.91. The number of hydrogen-bond donors (Lipinski definition) is 0. The van der Waals surface area contributed by atoms with Gasteiger partial charge in [0, 0.05) is 23.8 Å². The summed E-state index contributed by atoms with van der Waals surface area (Å²) in [6.07, 6.45) is 1.85. The van der Waals surface area contributed by atoms with E-state index < -0.39 is 4.92 Å². The number of nitrogens with zero attached hydrogens (tertiary/aromatic N) is 1. The molecule has 0 saturated carbocycles. The Morgan fingerprint density at radius 3 is 2.40 bits per heavy atom. The van der Waals surface area contributed by atoms with Crippen molar-refractivity contribution in [2.75, 3.05) is 7.11 Å². The first-order valence-corrected chi connectivity index (χ1v) is 4.13. The molecule has 5 nitrogen and oxygen atoms in total. The molecule has 0 aliphatic rings. The number of benzene rings is 1. The van der Waals surface area contributed by atoms with E-state index >= 15 is 0 Å². The van der Waals surface area contributed by atoms with Crippen molar-refractivity contribution in [1.29, 1.82) is 0 Å². The third-order valence-corrected chi connectivity index (χ3v) is 1.80. The van der Waals surface area contributed by atoms with E-state index in [9.17, 15) is 14.9 Å². The van der Waals surface area contributed by atoms with Gasteiger partial charge in [-0.3, -0.25) is 14.9 Å². The van der Waals surface area contributed by atoms with Crippen molar-refractivity contribution in [2.24, 2.45) is 0 Å². The van der Waals surface area contributed by atoms with Crippen LogP contribution < -0.4 is 0 Å². The van der Waals surface area contributed by atoms with Crippen molar-refractivity contribution < 1.29 is 14.5 Å². The highest BCUT2D eigenvalue weighted by Crippen LogP contribution is 2.18. The van der Waals surface area contributed by atoms with Crippen LogP contribution in [0.25, 0.3) is 5.76 Å². The van der Waals surface area contributed by atoms with Gasteiger partial charge in [0.2, 0.25) is 0 Å². The van der Waals surface area contributed by atoms with Crippen LogP contribution in [0.1, 0.15) is 5.56 Å². The number of allylic oxidation sites excluding steroid dienone is 1. The van der Waals surface area contributed by atoms with E-state index in [1.165, 1.54) is 37.5 Å². The molecule has 0 aliphatic heterocycles. The maximum absolute atomic E-state index is 10.4. The molecule has 5 heteroatoms. The number of carbonyl (C=O) groups excluding carboxylic acids is 1. The Bertz CT molecular complexity index is 394. The fourth-order valence-corrected chi connectivity index (χ4v) is 1.09. The molecule has 0 bridgehead atoms. The number of non-ortho nitro benzene ring substituents is 1. The smallest absolute Gasteiger partial charge is 0.269 e. The van der Waals surface area contributed by atoms with Crippen molar-refractivity contribution in [3.05, 3.63) is 46.0 Å². The van der Waals surface area contributed by atoms with Crippen LogP contribution in [0.5, 0.6) is 0 Å². The number of ether oxygens (including phenoxy) is 1. The predicted octanol–water partition coefficient (Wildman–Crippen LogP) is 1.78. The van der Waals surface area contributed by atoms with Gasteiger partial charge in [-0.25, -0.2) is 0 Å². The van der Waals surface area contributed by atoms with Crippen LogP contribution >= 0.6 is 0 Å². The lowest BCUT2D eigenvalue weighted by Gasteiger charge is -2.03. The predicted molar refractivity (Wildman–Crippen MR) is 54.1 cm³/mol. The normalized spacial score (nSPS) is 10.9. The van der Waals surface area contributed by atoms with Crippen LogP contribution in [0.2, 0.25) is 0 Å². The summed E-state index contributed by atoms with van der Waals surface area (Å²) in [6.45, 7) is 0. The maximum atomic E-state index is 10.4. The number of carbonyl (C=O) groups is 1. The second kappa shape index (κ2) is 4.90. The molecule has 0 heterocycles. The van der Waals surface area contributed by atoms with Crippen molar-refractivity contribution >= 4 is 17.7 Å². The first-order chi connectivity index (χ1) is 7.19. The molecule has 0 radical (unpaired) electrons. The van der Waals surface area contributed by atoms with Crippen LogP contribution in [0.15, 0.2) is 30.3 Å². The molecule has 0 saturated heterocycles. The van der Waals surface area contributed by atoms with E-state index in [2.05, 4.69) is 0 Å². The average Bonchev–Trinajstić information content (AvgIpc) is 2.26. The standard InChI is InChI=1S/C10H9NO4/c1-15-10(6-7-12)8-2-4-9(5-3-8)11(13)14/h2-7H,1H3/b10-6-. The molecule has 1 aromatic rings. The Labute approximate surface area is 86.1 Å². The summed E-state index contributed by atoms with van der Waals surface area (Å²) in [5, 5.41) is 10.4. The van der Waals surface area contributed by atoms with Crippen LogP contribution in [-0.2, 0) is 9.53 Å². The summed E-state index contributed by atoms with van der Waals surface area (Å²) >= 11 is 0. The molecular formula is C10H9NO4. The van der Waals surface area contributed by atoms with Gasteiger partial charge in [-0.15, -0.1) is 0 Å². The third-order valence-electron chi connectivity index (χ3n) is 1.80. The minimum Gasteiger partial charge on any atom is -0.496 e. The fourth-order valence-electron chi connectivity index (χ4n) is 1.09. The monoisotopic (exact) mass is 207 g/mol. The van der Waals surface area contributed by atoms with Gasteiger partial charge in [-0.2, -0.15) is 0 Å². The third kappa shape index (κ3) is 2.63. The van der Waals surface area contributed by atoms with E-state index in [4.69, 9.17) is 4.74 Å². The number of hydrogen-bond acceptors (Lipinski definition) is 4. The van der Waals surface area contributed by atoms with E-state index in [-0.39, 0.29) is 5.69 Å². The minimum absolute atomic E-state index is 0.000283. The van der Waals surface area contributed by atoms with Crippen LogP contribution in [0, 0.1) is 10.1 Å². The van der Waals surface area contributed by atoms with Gasteiger partial charge in [-0.1, -0.05) is 0 Å². The summed E-state index contributed by atoms with van der Waals surface area (Å²) in [5.74, 6) is 0.375. The maximum Gasteiger partial charge on any atom is 0.269 e. The van der Waals surface area contributed by atoms with Gasteiger partial charge in [0.05, 0.1) is 12.0 Å². The molecule has 0 atom stereocenters. The first-order valence-electron chi connectivity index (χ1n) is 4.13. The van der Waals surface area contributed by atoms with Crippen molar-refractivity contribution in [1.82, 2.24) is 0 Å². The highest BCUT2D eigenvalue weighted by Gasteiger charge is 2.06. The largest absolute Gasteiger partial charge is 0.496 e. The Morgan fingerprint density at radius 2 is 2.00 bits per heavy atom. The SMILES string of the molecule is CO/C(=C\C=O)c1ccc([N+](=O)[O-])cc1. The molecule has 0 amide bonds. The molecule has 1 rings (SSSR count). The first kappa shape index (κ1) is 10.9. The average molecular weight is 207 g/mol. The molecule has 0 fully saturated rings. The number of nitro groups is 1. The van der Waals surface area contributed by atoms with Gasteiger partial charge in [0.25, 0.3) is 5.69 Å². The lowest BCUT2D eigenvalue weighted by molar-refractivity contribution is -0.384. The summed E-state index contributed by atoms with van der Waals surface area (Å²) in [7, 11) is 1.43. The van der Waals surface area contributed by atoms with Gasteiger partial charge >= 0.3 is 0 Å². The zero-order chi connectivity index (χ0) is 11.3. The Balaban J connectivity index is 3.02. The van der Waals surface area contributed by atoms with Crippen LogP contribution in [0.3, 0.4) is 0 Å². The number of rotatable bonds is 4. The minimum atomic E-state index is -0.486. The van der Waals surface area contributed by atoms with E-state index in [1.807, 2.05) is 0 Å². The van der Waals surface area contributed by atoms with E-state index in [0.29, 0.717) is 17.6 Å². The van der Waals surface area contributed by atoms with Crippen molar-refractivity contribution in [3.63, 3.8) is 0 Å². The van der Waals surface area contributed by atoms with Gasteiger partial charge in [0.15, 0.2) is 0 Å². The van der Waals surface area contributed by atoms with E-state index in [1.54, 1.807) is 0 Å². The van der Waals surface area contributed by atoms with Crippen LogP contribution in [0.4, 0.5) is 5.69 Å². The number of methoxy groups -OCH3 is 1. The number of aldehydes is 1. The molecule has 0 aliphatic carbocycles. The zero-order valence-corrected chi connectivity index (χ0v) is 8.04. The Hall–Kier alpha value is -2.17. The Kier molecular flexibility index (Phi) is 3.56. The second-order valence-electron chi connectivity index (χ2n) is 2.68. The van der Waals surface area contributed by atoms with Gasteiger partial charge < -0.3 is 4.74 Å².